The van der Waals surface area contributed by atoms with Crippen LogP contribution in [0.3, 0.4) is 0 Å². The summed E-state index contributed by atoms with van der Waals surface area (Å²) in [4.78, 5) is 33.3. The van der Waals surface area contributed by atoms with Gasteiger partial charge in [0.25, 0.3) is 5.56 Å². The Morgan fingerprint density at radius 2 is 2.12 bits per heavy atom. The number of ether oxygens (including phenoxy) is 1. The molecule has 3 aliphatic heterocycles. The van der Waals surface area contributed by atoms with Gasteiger partial charge >= 0.3 is 6.18 Å². The van der Waals surface area contributed by atoms with Gasteiger partial charge < -0.3 is 19.1 Å². The number of carbonyl (C=O) groups excluding carboxylic acids is 1. The van der Waals surface area contributed by atoms with Crippen molar-refractivity contribution < 1.29 is 27.2 Å². The van der Waals surface area contributed by atoms with E-state index in [2.05, 4.69) is 32.7 Å². The number of ketones is 1. The number of fused-ring (bicyclic) bond motifs is 3. The van der Waals surface area contributed by atoms with Crippen LogP contribution in [0.5, 0.6) is 0 Å². The molecule has 2 saturated heterocycles. The fourth-order valence-electron chi connectivity index (χ4n) is 4.92. The van der Waals surface area contributed by atoms with Crippen molar-refractivity contribution in [3.05, 3.63) is 33.4 Å². The van der Waals surface area contributed by atoms with Gasteiger partial charge in [-0.25, -0.2) is 0 Å². The lowest BCUT2D eigenvalue weighted by molar-refractivity contribution is -0.152. The third kappa shape index (κ3) is 3.72. The van der Waals surface area contributed by atoms with Crippen LogP contribution in [0, 0.1) is 13.8 Å². The number of alkyl halides is 4. The molecule has 9 nitrogen and oxygen atoms in total. The van der Waals surface area contributed by atoms with E-state index in [0.29, 0.717) is 24.7 Å². The van der Waals surface area contributed by atoms with Crippen molar-refractivity contribution in [1.29, 1.82) is 0 Å². The van der Waals surface area contributed by atoms with Crippen molar-refractivity contribution in [2.75, 3.05) is 29.5 Å². The molecular weight excluding hydrogens is 558 g/mol. The van der Waals surface area contributed by atoms with Crippen LogP contribution in [-0.4, -0.2) is 62.1 Å². The molecule has 0 unspecified atom stereocenters. The monoisotopic (exact) mass is 579 g/mol. The summed E-state index contributed by atoms with van der Waals surface area (Å²) in [5.41, 5.74) is -0.00187. The van der Waals surface area contributed by atoms with Crippen LogP contribution in [0.4, 0.5) is 24.9 Å². The lowest BCUT2D eigenvalue weighted by Gasteiger charge is -2.40. The molecule has 2 bridgehead atoms. The number of halogens is 4. The first-order chi connectivity index (χ1) is 15.5. The van der Waals surface area contributed by atoms with Crippen molar-refractivity contribution in [2.45, 2.75) is 55.1 Å². The molecule has 5 heterocycles. The minimum Gasteiger partial charge on any atom is -0.373 e. The number of hydrogen-bond acceptors (Lipinski definition) is 8. The fourth-order valence-corrected chi connectivity index (χ4v) is 6.03. The first-order valence-electron chi connectivity index (χ1n) is 10.5. The van der Waals surface area contributed by atoms with E-state index in [9.17, 15) is 22.8 Å². The molecule has 0 radical (unpaired) electrons. The number of nitrogens with zero attached hydrogens (tertiary/aromatic N) is 5. The molecule has 13 heteroatoms. The van der Waals surface area contributed by atoms with Gasteiger partial charge in [-0.05, 0) is 20.3 Å². The second-order valence-corrected chi connectivity index (χ2v) is 10.7. The molecule has 2 fully saturated rings. The normalized spacial score (nSPS) is 26.7. The van der Waals surface area contributed by atoms with Gasteiger partial charge in [0.05, 0.1) is 30.5 Å². The van der Waals surface area contributed by atoms with Crippen LogP contribution in [0.1, 0.15) is 34.7 Å². The third-order valence-electron chi connectivity index (χ3n) is 6.46. The molecule has 2 aromatic rings. The van der Waals surface area contributed by atoms with Gasteiger partial charge in [0.2, 0.25) is 5.95 Å². The Bertz CT molecular complexity index is 1160. The quantitative estimate of drug-likeness (QED) is 0.236. The Labute approximate surface area is 200 Å². The largest absolute Gasteiger partial charge is 0.408 e. The SMILES string of the molecule is Cc1noc(C)c1C(=O)CN1c2nc(N3C[C@@H]4C[C@]3(I)CO4)cc(=O)n2CC[C@H]1C(F)(F)F. The molecule has 0 N–H and O–H groups in total. The maximum atomic E-state index is 14.0. The first kappa shape index (κ1) is 22.6. The van der Waals surface area contributed by atoms with Crippen LogP contribution < -0.4 is 15.4 Å². The molecule has 0 saturated carbocycles. The molecule has 3 aliphatic rings. The van der Waals surface area contributed by atoms with Crippen LogP contribution >= 0.6 is 22.6 Å². The van der Waals surface area contributed by atoms with Gasteiger partial charge in [-0.3, -0.25) is 14.2 Å². The van der Waals surface area contributed by atoms with Crippen molar-refractivity contribution in [3.8, 4) is 0 Å². The zero-order valence-corrected chi connectivity index (χ0v) is 20.0. The van der Waals surface area contributed by atoms with E-state index in [4.69, 9.17) is 9.26 Å². The van der Waals surface area contributed by atoms with E-state index in [1.54, 1.807) is 6.92 Å². The van der Waals surface area contributed by atoms with Crippen molar-refractivity contribution >= 4 is 40.1 Å². The van der Waals surface area contributed by atoms with E-state index in [1.807, 2.05) is 4.90 Å². The lowest BCUT2D eigenvalue weighted by Crippen LogP contribution is -2.54. The molecule has 2 aromatic heterocycles. The number of aromatic nitrogens is 3. The number of hydrogen-bond donors (Lipinski definition) is 0. The smallest absolute Gasteiger partial charge is 0.373 e. The predicted octanol–water partition coefficient (Wildman–Crippen LogP) is 2.61. The summed E-state index contributed by atoms with van der Waals surface area (Å²) in [5, 5.41) is 3.73. The molecule has 178 valence electrons. The highest BCUT2D eigenvalue weighted by Gasteiger charge is 2.52. The van der Waals surface area contributed by atoms with Gasteiger partial charge in [-0.1, -0.05) is 27.7 Å². The summed E-state index contributed by atoms with van der Waals surface area (Å²) in [6.45, 7) is 3.29. The summed E-state index contributed by atoms with van der Waals surface area (Å²) in [6.07, 6.45) is -4.24. The molecule has 0 spiro atoms. The third-order valence-corrected chi connectivity index (χ3v) is 7.80. The number of morpholine rings is 1. The summed E-state index contributed by atoms with van der Waals surface area (Å²) >= 11 is 2.25. The highest BCUT2D eigenvalue weighted by atomic mass is 127. The summed E-state index contributed by atoms with van der Waals surface area (Å²) in [6, 6.07) is -0.594. The molecule has 0 amide bonds. The van der Waals surface area contributed by atoms with Crippen molar-refractivity contribution in [2.24, 2.45) is 0 Å². The Morgan fingerprint density at radius 1 is 1.36 bits per heavy atom. The van der Waals surface area contributed by atoms with Gasteiger partial charge in [-0.15, -0.1) is 0 Å². The Balaban J connectivity index is 1.57. The minimum atomic E-state index is -4.61. The molecule has 33 heavy (non-hydrogen) atoms. The second-order valence-electron chi connectivity index (χ2n) is 8.67. The van der Waals surface area contributed by atoms with E-state index in [1.165, 1.54) is 17.6 Å². The maximum absolute atomic E-state index is 14.0. The Morgan fingerprint density at radius 3 is 2.70 bits per heavy atom. The molecule has 3 atom stereocenters. The zero-order valence-electron chi connectivity index (χ0n) is 17.9. The maximum Gasteiger partial charge on any atom is 0.408 e. The van der Waals surface area contributed by atoms with E-state index in [0.717, 1.165) is 11.3 Å². The van der Waals surface area contributed by atoms with Crippen molar-refractivity contribution in [3.63, 3.8) is 0 Å². The summed E-state index contributed by atoms with van der Waals surface area (Å²) < 4.78 is 53.5. The van der Waals surface area contributed by atoms with Gasteiger partial charge in [0.1, 0.15) is 21.2 Å². The lowest BCUT2D eigenvalue weighted by atomic mass is 10.1. The van der Waals surface area contributed by atoms with Gasteiger partial charge in [0.15, 0.2) is 5.78 Å². The average Bonchev–Trinajstić information content (AvgIpc) is 3.38. The molecule has 5 rings (SSSR count). The summed E-state index contributed by atoms with van der Waals surface area (Å²) in [7, 11) is 0. The van der Waals surface area contributed by atoms with Gasteiger partial charge in [-0.2, -0.15) is 18.2 Å². The van der Waals surface area contributed by atoms with Crippen LogP contribution in [0.25, 0.3) is 0 Å². The second kappa shape index (κ2) is 7.68. The van der Waals surface area contributed by atoms with E-state index in [-0.39, 0.29) is 36.3 Å². The fraction of sp³-hybridized carbons (Fsp3) is 0.600. The number of aryl methyl sites for hydroxylation is 2. The Kier molecular flexibility index (Phi) is 5.27. The molecule has 0 aromatic carbocycles. The number of carbonyl (C=O) groups is 1. The molecule has 0 aliphatic carbocycles. The number of anilines is 2. The Hall–Kier alpha value is -2.16. The number of Topliss-reactive ketones (excluding diaryl/α,β-unsaturated/α-hetero) is 1. The first-order valence-corrected chi connectivity index (χ1v) is 11.6. The van der Waals surface area contributed by atoms with Crippen LogP contribution in [0.15, 0.2) is 15.4 Å². The van der Waals surface area contributed by atoms with E-state index >= 15 is 0 Å². The van der Waals surface area contributed by atoms with Crippen LogP contribution in [-0.2, 0) is 11.3 Å². The average molecular weight is 579 g/mol. The standard InChI is InChI=1S/C20H21F3IN5O4/c1-10-17(11(2)33-26-10)13(30)8-28-14(20(21,22)23)3-4-27-16(31)5-15(25-18(27)28)29-7-12-6-19(29,24)9-32-12/h5,12,14H,3-4,6-9H2,1-2H3/t12-,14-,19+/m0/s1. The highest BCUT2D eigenvalue weighted by Crippen LogP contribution is 2.45. The predicted molar refractivity (Wildman–Crippen MR) is 119 cm³/mol. The number of rotatable bonds is 4. The van der Waals surface area contributed by atoms with Gasteiger partial charge in [0, 0.05) is 25.6 Å². The topological polar surface area (TPSA) is 93.7 Å². The molecular formula is C20H21F3IN5O4. The minimum absolute atomic E-state index is 0.0115. The van der Waals surface area contributed by atoms with E-state index < -0.39 is 33.7 Å². The zero-order chi connectivity index (χ0) is 23.7. The van der Waals surface area contributed by atoms with Crippen LogP contribution in [0.2, 0.25) is 0 Å². The van der Waals surface area contributed by atoms with Crippen molar-refractivity contribution in [1.82, 2.24) is 14.7 Å². The summed E-state index contributed by atoms with van der Waals surface area (Å²) in [5.74, 6) is -0.205. The highest BCUT2D eigenvalue weighted by molar-refractivity contribution is 14.1.